The predicted octanol–water partition coefficient (Wildman–Crippen LogP) is 3.29. The van der Waals surface area contributed by atoms with Gasteiger partial charge in [0.05, 0.1) is 0 Å². The first-order valence-corrected chi connectivity index (χ1v) is 6.43. The molecule has 2 rings (SSSR count). The number of benzene rings is 2. The van der Waals surface area contributed by atoms with Crippen LogP contribution in [0.4, 0.5) is 0 Å². The molecule has 3 nitrogen and oxygen atoms in total. The lowest BCUT2D eigenvalue weighted by atomic mass is 10.2. The van der Waals surface area contributed by atoms with E-state index in [9.17, 15) is 4.79 Å². The van der Waals surface area contributed by atoms with Crippen molar-refractivity contribution in [2.45, 2.75) is 6.61 Å². The average Bonchev–Trinajstić information content (AvgIpc) is 2.52. The summed E-state index contributed by atoms with van der Waals surface area (Å²) in [5.74, 6) is -0.190. The van der Waals surface area contributed by atoms with E-state index in [2.05, 4.69) is 0 Å². The Labute approximate surface area is 119 Å². The van der Waals surface area contributed by atoms with E-state index in [-0.39, 0.29) is 5.91 Å². The van der Waals surface area contributed by atoms with Crippen LogP contribution in [0.15, 0.2) is 66.7 Å². The summed E-state index contributed by atoms with van der Waals surface area (Å²) in [7, 11) is 1.61. The van der Waals surface area contributed by atoms with E-state index in [1.54, 1.807) is 13.1 Å². The first-order valence-electron chi connectivity index (χ1n) is 6.43. The quantitative estimate of drug-likeness (QED) is 0.614. The number of hydrogen-bond acceptors (Lipinski definition) is 2. The minimum Gasteiger partial charge on any atom is -0.267 e. The zero-order valence-electron chi connectivity index (χ0n) is 11.4. The highest BCUT2D eigenvalue weighted by atomic mass is 16.7. The summed E-state index contributed by atoms with van der Waals surface area (Å²) in [6.07, 6.45) is 3.27. The molecule has 0 unspecified atom stereocenters. The molecule has 0 aromatic heterocycles. The molecule has 0 saturated carbocycles. The zero-order valence-corrected chi connectivity index (χ0v) is 11.4. The van der Waals surface area contributed by atoms with E-state index >= 15 is 0 Å². The molecule has 0 N–H and O–H groups in total. The second-order valence-corrected chi connectivity index (χ2v) is 4.34. The van der Waals surface area contributed by atoms with Crippen LogP contribution in [0.25, 0.3) is 6.08 Å². The molecule has 3 heteroatoms. The van der Waals surface area contributed by atoms with Crippen LogP contribution in [-0.4, -0.2) is 18.0 Å². The van der Waals surface area contributed by atoms with Crippen molar-refractivity contribution in [3.63, 3.8) is 0 Å². The first kappa shape index (κ1) is 14.0. The van der Waals surface area contributed by atoms with E-state index in [4.69, 9.17) is 4.84 Å². The predicted molar refractivity (Wildman–Crippen MR) is 79.5 cm³/mol. The van der Waals surface area contributed by atoms with Crippen molar-refractivity contribution in [1.82, 2.24) is 5.06 Å². The van der Waals surface area contributed by atoms with Gasteiger partial charge in [0.2, 0.25) is 0 Å². The maximum atomic E-state index is 11.9. The largest absolute Gasteiger partial charge is 0.269 e. The monoisotopic (exact) mass is 267 g/mol. The molecule has 0 bridgehead atoms. The molecule has 20 heavy (non-hydrogen) atoms. The molecule has 0 atom stereocenters. The van der Waals surface area contributed by atoms with E-state index < -0.39 is 0 Å². The Hall–Kier alpha value is -2.39. The summed E-state index contributed by atoms with van der Waals surface area (Å²) in [6, 6.07) is 19.4. The minimum atomic E-state index is -0.190. The minimum absolute atomic E-state index is 0.190. The topological polar surface area (TPSA) is 29.5 Å². The van der Waals surface area contributed by atoms with Gasteiger partial charge in [-0.2, -0.15) is 0 Å². The van der Waals surface area contributed by atoms with Gasteiger partial charge in [-0.25, -0.2) is 5.06 Å². The van der Waals surface area contributed by atoms with Gasteiger partial charge in [-0.05, 0) is 17.2 Å². The van der Waals surface area contributed by atoms with Gasteiger partial charge in [-0.3, -0.25) is 9.63 Å². The van der Waals surface area contributed by atoms with Gasteiger partial charge in [0.25, 0.3) is 5.91 Å². The highest BCUT2D eigenvalue weighted by molar-refractivity contribution is 5.90. The van der Waals surface area contributed by atoms with Crippen molar-refractivity contribution in [1.29, 1.82) is 0 Å². The summed E-state index contributed by atoms with van der Waals surface area (Å²) in [5, 5.41) is 1.24. The lowest BCUT2D eigenvalue weighted by Crippen LogP contribution is -2.24. The number of hydroxylamine groups is 2. The molecule has 1 amide bonds. The maximum absolute atomic E-state index is 11.9. The Bertz CT molecular complexity index is 564. The third-order valence-corrected chi connectivity index (χ3v) is 2.80. The first-order chi connectivity index (χ1) is 9.75. The van der Waals surface area contributed by atoms with Gasteiger partial charge < -0.3 is 0 Å². The van der Waals surface area contributed by atoms with Gasteiger partial charge >= 0.3 is 0 Å². The van der Waals surface area contributed by atoms with Crippen molar-refractivity contribution in [3.8, 4) is 0 Å². The summed E-state index contributed by atoms with van der Waals surface area (Å²) in [4.78, 5) is 17.3. The molecule has 0 spiro atoms. The summed E-state index contributed by atoms with van der Waals surface area (Å²) < 4.78 is 0. The van der Waals surface area contributed by atoms with Crippen LogP contribution in [0.3, 0.4) is 0 Å². The molecule has 0 fully saturated rings. The lowest BCUT2D eigenvalue weighted by Gasteiger charge is -2.14. The number of carbonyl (C=O) groups is 1. The Kier molecular flexibility index (Phi) is 5.09. The van der Waals surface area contributed by atoms with Crippen molar-refractivity contribution in [2.24, 2.45) is 0 Å². The fourth-order valence-electron chi connectivity index (χ4n) is 1.65. The highest BCUT2D eigenvalue weighted by Crippen LogP contribution is 2.04. The number of nitrogens with zero attached hydrogens (tertiary/aromatic N) is 1. The second kappa shape index (κ2) is 7.26. The van der Waals surface area contributed by atoms with Crippen molar-refractivity contribution < 1.29 is 9.63 Å². The van der Waals surface area contributed by atoms with Gasteiger partial charge in [0, 0.05) is 13.1 Å². The maximum Gasteiger partial charge on any atom is 0.269 e. The van der Waals surface area contributed by atoms with Crippen molar-refractivity contribution in [3.05, 3.63) is 77.9 Å². The van der Waals surface area contributed by atoms with E-state index in [0.29, 0.717) is 6.61 Å². The van der Waals surface area contributed by atoms with Crippen LogP contribution in [0.2, 0.25) is 0 Å². The number of carbonyl (C=O) groups excluding carboxylic acids is 1. The van der Waals surface area contributed by atoms with Gasteiger partial charge in [-0.15, -0.1) is 0 Å². The van der Waals surface area contributed by atoms with Crippen LogP contribution in [0.1, 0.15) is 11.1 Å². The number of amides is 1. The molecule has 102 valence electrons. The molecule has 2 aromatic rings. The zero-order chi connectivity index (χ0) is 14.2. The van der Waals surface area contributed by atoms with E-state index in [1.165, 1.54) is 11.1 Å². The van der Waals surface area contributed by atoms with Crippen LogP contribution >= 0.6 is 0 Å². The molecule has 2 aromatic carbocycles. The van der Waals surface area contributed by atoms with Crippen LogP contribution in [0, 0.1) is 0 Å². The normalized spacial score (nSPS) is 10.7. The molecular weight excluding hydrogens is 250 g/mol. The van der Waals surface area contributed by atoms with Crippen molar-refractivity contribution in [2.75, 3.05) is 7.05 Å². The average molecular weight is 267 g/mol. The van der Waals surface area contributed by atoms with E-state index in [1.807, 2.05) is 60.7 Å². The third-order valence-electron chi connectivity index (χ3n) is 2.80. The Morgan fingerprint density at radius 2 is 1.65 bits per heavy atom. The highest BCUT2D eigenvalue weighted by Gasteiger charge is 2.05. The summed E-state index contributed by atoms with van der Waals surface area (Å²) in [6.45, 7) is 0.377. The summed E-state index contributed by atoms with van der Waals surface area (Å²) in [5.41, 5.74) is 2.01. The number of rotatable bonds is 5. The fourth-order valence-corrected chi connectivity index (χ4v) is 1.65. The summed E-state index contributed by atoms with van der Waals surface area (Å²) >= 11 is 0. The van der Waals surface area contributed by atoms with Gasteiger partial charge in [-0.1, -0.05) is 60.7 Å². The number of likely N-dealkylation sites (N-methyl/N-ethyl adjacent to an activating group) is 1. The third kappa shape index (κ3) is 4.37. The smallest absolute Gasteiger partial charge is 0.267 e. The molecule has 0 aliphatic heterocycles. The molecular formula is C17H17NO2. The standard InChI is InChI=1S/C17H17NO2/c1-18(20-14-16-10-6-3-7-11-16)17(19)13-12-15-8-4-2-5-9-15/h2-13H,14H2,1H3. The molecule has 0 radical (unpaired) electrons. The second-order valence-electron chi connectivity index (χ2n) is 4.34. The van der Waals surface area contributed by atoms with Crippen LogP contribution in [0.5, 0.6) is 0 Å². The Morgan fingerprint density at radius 3 is 2.30 bits per heavy atom. The van der Waals surface area contributed by atoms with Gasteiger partial charge in [0.1, 0.15) is 6.61 Å². The fraction of sp³-hybridized carbons (Fsp3) is 0.118. The van der Waals surface area contributed by atoms with Crippen molar-refractivity contribution >= 4 is 12.0 Å². The van der Waals surface area contributed by atoms with Gasteiger partial charge in [0.15, 0.2) is 0 Å². The SMILES string of the molecule is CN(OCc1ccccc1)C(=O)C=Cc1ccccc1. The van der Waals surface area contributed by atoms with Crippen LogP contribution in [-0.2, 0) is 16.2 Å². The lowest BCUT2D eigenvalue weighted by molar-refractivity contribution is -0.176. The molecule has 0 aliphatic carbocycles. The Morgan fingerprint density at radius 1 is 1.05 bits per heavy atom. The molecule has 0 heterocycles. The molecule has 0 aliphatic rings. The Balaban J connectivity index is 1.85. The molecule has 0 saturated heterocycles. The van der Waals surface area contributed by atoms with E-state index in [0.717, 1.165) is 11.1 Å². The number of hydrogen-bond donors (Lipinski definition) is 0. The van der Waals surface area contributed by atoms with Crippen LogP contribution < -0.4 is 0 Å².